The van der Waals surface area contributed by atoms with Gasteiger partial charge in [0.2, 0.25) is 0 Å². The van der Waals surface area contributed by atoms with Gasteiger partial charge in [-0.25, -0.2) is 4.79 Å². The Hall–Kier alpha value is -1.54. The summed E-state index contributed by atoms with van der Waals surface area (Å²) in [5.74, 6) is -1.28. The second-order valence-corrected chi connectivity index (χ2v) is 13.0. The van der Waals surface area contributed by atoms with Gasteiger partial charge in [0, 0.05) is 23.3 Å². The van der Waals surface area contributed by atoms with Crippen LogP contribution >= 0.6 is 0 Å². The zero-order chi connectivity index (χ0) is 25.3. The van der Waals surface area contributed by atoms with Crippen LogP contribution in [0, 0.1) is 28.6 Å². The molecule has 0 bridgehead atoms. The Bertz CT molecular complexity index is 1080. The molecule has 0 aromatic carbocycles. The largest absolute Gasteiger partial charge is 0.456 e. The monoisotopic (exact) mass is 486 g/mol. The van der Waals surface area contributed by atoms with E-state index in [2.05, 4.69) is 6.92 Å². The third kappa shape index (κ3) is 2.61. The van der Waals surface area contributed by atoms with E-state index in [1.165, 1.54) is 0 Å². The van der Waals surface area contributed by atoms with E-state index in [0.717, 1.165) is 5.57 Å². The molecule has 2 aliphatic heterocycles. The maximum absolute atomic E-state index is 13.3. The second kappa shape index (κ2) is 6.85. The molecule has 3 N–H and O–H groups in total. The number of fused-ring (bicyclic) bond motifs is 8. The summed E-state index contributed by atoms with van der Waals surface area (Å²) in [6.45, 7) is 9.32. The molecule has 0 amide bonds. The minimum absolute atomic E-state index is 0.0873. The summed E-state index contributed by atoms with van der Waals surface area (Å²) in [5, 5.41) is 36.1. The first-order chi connectivity index (χ1) is 16.2. The van der Waals surface area contributed by atoms with Crippen molar-refractivity contribution in [2.75, 3.05) is 0 Å². The standard InChI is InChI=1S/C28H38O7/c1-14-13-19(34-23(30)15(14)2)26(5,31)17-9-12-27(32)20-16(8-11-24(17,27)3)25(4)18(29)7-6-10-28(25,33)22-21(20)35-22/h6-7,16-17,19-22,31-33H,8-13H2,1-5H3/t16-,17-,19+,20-,21-,22-,24+,25-,26+,27+,28-/m0/s1. The van der Waals surface area contributed by atoms with E-state index in [1.54, 1.807) is 26.0 Å². The molecular weight excluding hydrogens is 448 g/mol. The summed E-state index contributed by atoms with van der Waals surface area (Å²) in [7, 11) is 0. The van der Waals surface area contributed by atoms with Crippen molar-refractivity contribution in [1.82, 2.24) is 0 Å². The number of rotatable bonds is 2. The summed E-state index contributed by atoms with van der Waals surface area (Å²) >= 11 is 0. The van der Waals surface area contributed by atoms with Gasteiger partial charge in [0.05, 0.1) is 17.1 Å². The lowest BCUT2D eigenvalue weighted by Crippen LogP contribution is -2.72. The smallest absolute Gasteiger partial charge is 0.334 e. The molecule has 6 rings (SSSR count). The van der Waals surface area contributed by atoms with Crippen LogP contribution in [0.25, 0.3) is 0 Å². The van der Waals surface area contributed by atoms with E-state index in [4.69, 9.17) is 9.47 Å². The van der Waals surface area contributed by atoms with E-state index in [0.29, 0.717) is 44.1 Å². The lowest BCUT2D eigenvalue weighted by Gasteiger charge is -2.63. The highest BCUT2D eigenvalue weighted by Gasteiger charge is 2.81. The van der Waals surface area contributed by atoms with E-state index >= 15 is 0 Å². The van der Waals surface area contributed by atoms with E-state index in [9.17, 15) is 24.9 Å². The van der Waals surface area contributed by atoms with Crippen LogP contribution in [0.3, 0.4) is 0 Å². The second-order valence-electron chi connectivity index (χ2n) is 13.0. The van der Waals surface area contributed by atoms with Gasteiger partial charge in [-0.05, 0) is 77.7 Å². The summed E-state index contributed by atoms with van der Waals surface area (Å²) in [6, 6.07) is 0. The number of ether oxygens (including phenoxy) is 2. The van der Waals surface area contributed by atoms with Crippen LogP contribution in [0.2, 0.25) is 0 Å². The van der Waals surface area contributed by atoms with Crippen LogP contribution in [-0.4, -0.2) is 62.2 Å². The van der Waals surface area contributed by atoms with Crippen molar-refractivity contribution < 1.29 is 34.4 Å². The number of epoxide rings is 1. The molecule has 4 fully saturated rings. The lowest BCUT2D eigenvalue weighted by atomic mass is 9.42. The van der Waals surface area contributed by atoms with Crippen LogP contribution in [0.1, 0.15) is 73.1 Å². The van der Waals surface area contributed by atoms with Gasteiger partial charge in [-0.1, -0.05) is 18.6 Å². The van der Waals surface area contributed by atoms with Gasteiger partial charge in [-0.3, -0.25) is 4.79 Å². The average Bonchev–Trinajstić information content (AvgIpc) is 3.52. The van der Waals surface area contributed by atoms with Gasteiger partial charge >= 0.3 is 5.97 Å². The topological polar surface area (TPSA) is 117 Å². The first-order valence-corrected chi connectivity index (χ1v) is 13.1. The third-order valence-corrected chi connectivity index (χ3v) is 11.8. The van der Waals surface area contributed by atoms with Gasteiger partial charge in [0.1, 0.15) is 23.4 Å². The van der Waals surface area contributed by atoms with Crippen molar-refractivity contribution >= 4 is 11.8 Å². The Morgan fingerprint density at radius 1 is 1.09 bits per heavy atom. The summed E-state index contributed by atoms with van der Waals surface area (Å²) in [6.07, 6.45) is 5.08. The number of allylic oxidation sites excluding steroid dienone is 1. The Labute approximate surface area is 206 Å². The zero-order valence-electron chi connectivity index (χ0n) is 21.3. The van der Waals surface area contributed by atoms with Crippen molar-refractivity contribution in [3.8, 4) is 0 Å². The normalized spacial score (nSPS) is 54.3. The Morgan fingerprint density at radius 2 is 1.80 bits per heavy atom. The molecule has 6 aliphatic rings. The van der Waals surface area contributed by atoms with Crippen LogP contribution in [-0.2, 0) is 19.1 Å². The molecule has 0 unspecified atom stereocenters. The minimum Gasteiger partial charge on any atom is -0.456 e. The van der Waals surface area contributed by atoms with Crippen molar-refractivity contribution in [2.24, 2.45) is 28.6 Å². The quantitative estimate of drug-likeness (QED) is 0.406. The summed E-state index contributed by atoms with van der Waals surface area (Å²) in [5.41, 5.74) is -3.88. The third-order valence-electron chi connectivity index (χ3n) is 11.8. The first-order valence-electron chi connectivity index (χ1n) is 13.1. The van der Waals surface area contributed by atoms with Crippen LogP contribution < -0.4 is 0 Å². The number of hydrogen-bond acceptors (Lipinski definition) is 7. The van der Waals surface area contributed by atoms with Crippen LogP contribution in [0.4, 0.5) is 0 Å². The number of hydrogen-bond donors (Lipinski definition) is 3. The maximum Gasteiger partial charge on any atom is 0.334 e. The molecule has 11 atom stereocenters. The average molecular weight is 487 g/mol. The predicted molar refractivity (Wildman–Crippen MR) is 126 cm³/mol. The molecule has 192 valence electrons. The lowest BCUT2D eigenvalue weighted by molar-refractivity contribution is -0.237. The van der Waals surface area contributed by atoms with Crippen molar-refractivity contribution in [3.63, 3.8) is 0 Å². The van der Waals surface area contributed by atoms with Gasteiger partial charge in [0.25, 0.3) is 0 Å². The molecule has 35 heavy (non-hydrogen) atoms. The highest BCUT2D eigenvalue weighted by molar-refractivity contribution is 5.97. The zero-order valence-corrected chi connectivity index (χ0v) is 21.3. The molecule has 0 radical (unpaired) electrons. The first kappa shape index (κ1) is 23.8. The van der Waals surface area contributed by atoms with Crippen LogP contribution in [0.5, 0.6) is 0 Å². The van der Waals surface area contributed by atoms with Crippen molar-refractivity contribution in [3.05, 3.63) is 23.3 Å². The molecule has 0 aromatic rings. The Balaban J connectivity index is 1.37. The Morgan fingerprint density at radius 3 is 2.49 bits per heavy atom. The Kier molecular flexibility index (Phi) is 4.67. The van der Waals surface area contributed by atoms with Crippen molar-refractivity contribution in [1.29, 1.82) is 0 Å². The summed E-state index contributed by atoms with van der Waals surface area (Å²) in [4.78, 5) is 25.7. The number of esters is 1. The molecule has 0 spiro atoms. The van der Waals surface area contributed by atoms with E-state index < -0.39 is 45.8 Å². The molecule has 1 saturated heterocycles. The number of aliphatic hydroxyl groups is 3. The maximum atomic E-state index is 13.3. The van der Waals surface area contributed by atoms with Crippen molar-refractivity contribution in [2.45, 2.75) is 108 Å². The molecule has 7 nitrogen and oxygen atoms in total. The highest BCUT2D eigenvalue weighted by Crippen LogP contribution is 2.73. The SMILES string of the molecule is CC1=C(C)C(=O)O[C@@H]([C@](C)(O)[C@H]2CC[C@@]3(O)[C@@H]4[C@@H]5O[C@@H]5[C@@]5(O)CC=CC(=O)[C@]5(C)[C@H]4CC[C@]23C)C1. The highest BCUT2D eigenvalue weighted by atomic mass is 16.6. The minimum atomic E-state index is -1.32. The molecule has 0 aromatic heterocycles. The van der Waals surface area contributed by atoms with Crippen LogP contribution in [0.15, 0.2) is 23.3 Å². The predicted octanol–water partition coefficient (Wildman–Crippen LogP) is 2.61. The molecular formula is C28H38O7. The molecule has 2 heterocycles. The molecule has 3 saturated carbocycles. The number of carbonyl (C=O) groups is 2. The molecule has 4 aliphatic carbocycles. The number of carbonyl (C=O) groups excluding carboxylic acids is 2. The fourth-order valence-electron chi connectivity index (χ4n) is 9.32. The van der Waals surface area contributed by atoms with Gasteiger partial charge < -0.3 is 24.8 Å². The molecule has 7 heteroatoms. The summed E-state index contributed by atoms with van der Waals surface area (Å²) < 4.78 is 11.8. The van der Waals surface area contributed by atoms with E-state index in [-0.39, 0.29) is 29.6 Å². The fourth-order valence-corrected chi connectivity index (χ4v) is 9.32. The number of cyclic esters (lactones) is 1. The number of ketones is 1. The van der Waals surface area contributed by atoms with E-state index in [1.807, 2.05) is 13.8 Å². The van der Waals surface area contributed by atoms with Gasteiger partial charge in [-0.15, -0.1) is 0 Å². The fraction of sp³-hybridized carbons (Fsp3) is 0.786. The van der Waals surface area contributed by atoms with Gasteiger partial charge in [0.15, 0.2) is 5.78 Å². The van der Waals surface area contributed by atoms with Gasteiger partial charge in [-0.2, -0.15) is 0 Å².